The van der Waals surface area contributed by atoms with Crippen LogP contribution in [0.25, 0.3) is 0 Å². The molecule has 0 aliphatic heterocycles. The Morgan fingerprint density at radius 1 is 1.37 bits per heavy atom. The third-order valence-electron chi connectivity index (χ3n) is 2.89. The zero-order valence-corrected chi connectivity index (χ0v) is 12.2. The molecule has 19 heavy (non-hydrogen) atoms. The first-order valence-electron chi connectivity index (χ1n) is 6.42. The van der Waals surface area contributed by atoms with Gasteiger partial charge in [0.25, 0.3) is 0 Å². The largest absolute Gasteiger partial charge is 0.480 e. The van der Waals surface area contributed by atoms with Gasteiger partial charge in [-0.3, -0.25) is 0 Å². The number of aliphatic carboxylic acids is 1. The Bertz CT molecular complexity index is 456. The van der Waals surface area contributed by atoms with Crippen LogP contribution in [-0.2, 0) is 4.79 Å². The summed E-state index contributed by atoms with van der Waals surface area (Å²) >= 11 is 0. The average Bonchev–Trinajstić information content (AvgIpc) is 2.28. The number of aromatic nitrogens is 2. The summed E-state index contributed by atoms with van der Waals surface area (Å²) in [5.74, 6) is 1.03. The minimum Gasteiger partial charge on any atom is -0.480 e. The number of hydrogen-bond donors (Lipinski definition) is 2. The fourth-order valence-electron chi connectivity index (χ4n) is 1.70. The highest BCUT2D eigenvalue weighted by molar-refractivity contribution is 5.81. The fraction of sp³-hybridized carbons (Fsp3) is 0.615. The molecule has 0 saturated heterocycles. The normalized spacial score (nSPS) is 11.2. The molecule has 0 bridgehead atoms. The molecule has 1 heterocycles. The number of nitrogens with one attached hydrogen (secondary N) is 1. The molecule has 0 fully saturated rings. The first kappa shape index (κ1) is 15.2. The molecule has 6 heteroatoms. The Morgan fingerprint density at radius 2 is 1.95 bits per heavy atom. The Balaban J connectivity index is 3.06. The quantitative estimate of drug-likeness (QED) is 0.819. The van der Waals surface area contributed by atoms with Gasteiger partial charge in [-0.2, -0.15) is 0 Å². The van der Waals surface area contributed by atoms with Gasteiger partial charge in [-0.05, 0) is 34.6 Å². The molecule has 0 saturated carbocycles. The van der Waals surface area contributed by atoms with Crippen LogP contribution in [-0.4, -0.2) is 39.7 Å². The van der Waals surface area contributed by atoms with Gasteiger partial charge in [0.2, 0.25) is 0 Å². The Morgan fingerprint density at radius 3 is 2.42 bits per heavy atom. The van der Waals surface area contributed by atoms with Gasteiger partial charge in [0.1, 0.15) is 23.0 Å². The molecule has 6 nitrogen and oxygen atoms in total. The summed E-state index contributed by atoms with van der Waals surface area (Å²) in [6.07, 6.45) is 0. The summed E-state index contributed by atoms with van der Waals surface area (Å²) in [5, 5.41) is 12.1. The van der Waals surface area contributed by atoms with Gasteiger partial charge < -0.3 is 15.3 Å². The maximum absolute atomic E-state index is 11.1. The van der Waals surface area contributed by atoms with Crippen molar-refractivity contribution in [2.75, 3.05) is 23.3 Å². The van der Waals surface area contributed by atoms with Crippen LogP contribution in [0.1, 0.15) is 33.5 Å². The Hall–Kier alpha value is -1.85. The van der Waals surface area contributed by atoms with Crippen molar-refractivity contribution >= 4 is 17.6 Å². The zero-order chi connectivity index (χ0) is 14.6. The summed E-state index contributed by atoms with van der Waals surface area (Å²) in [6.45, 7) is 10.8. The van der Waals surface area contributed by atoms with Crippen LogP contribution >= 0.6 is 0 Å². The van der Waals surface area contributed by atoms with Gasteiger partial charge in [-0.1, -0.05) is 0 Å². The summed E-state index contributed by atoms with van der Waals surface area (Å²) in [7, 11) is 0. The van der Waals surface area contributed by atoms with Gasteiger partial charge in [-0.15, -0.1) is 0 Å². The molecule has 0 aliphatic carbocycles. The van der Waals surface area contributed by atoms with Crippen molar-refractivity contribution in [3.63, 3.8) is 0 Å². The van der Waals surface area contributed by atoms with Gasteiger partial charge >= 0.3 is 5.97 Å². The number of carboxylic acid groups (broad SMARTS) is 1. The summed E-state index contributed by atoms with van der Waals surface area (Å²) in [6, 6.07) is 1.78. The maximum atomic E-state index is 11.1. The molecule has 1 aromatic rings. The highest BCUT2D eigenvalue weighted by Crippen LogP contribution is 2.19. The van der Waals surface area contributed by atoms with Crippen LogP contribution in [0.3, 0.4) is 0 Å². The zero-order valence-electron chi connectivity index (χ0n) is 12.2. The third-order valence-corrected chi connectivity index (χ3v) is 2.89. The van der Waals surface area contributed by atoms with Crippen molar-refractivity contribution in [2.45, 2.75) is 40.2 Å². The van der Waals surface area contributed by atoms with E-state index in [1.54, 1.807) is 26.8 Å². The maximum Gasteiger partial charge on any atom is 0.328 e. The molecule has 0 aliphatic rings. The van der Waals surface area contributed by atoms with Crippen molar-refractivity contribution in [3.8, 4) is 0 Å². The average molecular weight is 266 g/mol. The Labute approximate surface area is 113 Å². The predicted octanol–water partition coefficient (Wildman–Crippen LogP) is 1.91. The second-order valence-electron chi connectivity index (χ2n) is 4.89. The van der Waals surface area contributed by atoms with Crippen LogP contribution in [0.15, 0.2) is 6.07 Å². The third kappa shape index (κ3) is 3.81. The van der Waals surface area contributed by atoms with Crippen LogP contribution in [0, 0.1) is 6.92 Å². The minimum absolute atomic E-state index is 0.529. The predicted molar refractivity (Wildman–Crippen MR) is 75.7 cm³/mol. The molecular weight excluding hydrogens is 244 g/mol. The van der Waals surface area contributed by atoms with E-state index < -0.39 is 11.5 Å². The monoisotopic (exact) mass is 266 g/mol. The van der Waals surface area contributed by atoms with Crippen LogP contribution in [0.2, 0.25) is 0 Å². The molecular formula is C13H22N4O2. The molecule has 0 amide bonds. The van der Waals surface area contributed by atoms with Crippen molar-refractivity contribution < 1.29 is 9.90 Å². The van der Waals surface area contributed by atoms with E-state index in [9.17, 15) is 4.79 Å². The molecule has 0 radical (unpaired) electrons. The van der Waals surface area contributed by atoms with E-state index in [-0.39, 0.29) is 0 Å². The number of hydrogen-bond acceptors (Lipinski definition) is 5. The number of anilines is 2. The molecule has 2 N–H and O–H groups in total. The van der Waals surface area contributed by atoms with E-state index in [0.29, 0.717) is 11.6 Å². The number of carboxylic acids is 1. The number of carbonyl (C=O) groups is 1. The molecule has 1 rings (SSSR count). The second kappa shape index (κ2) is 5.86. The molecule has 1 aromatic heterocycles. The van der Waals surface area contributed by atoms with E-state index in [2.05, 4.69) is 34.0 Å². The number of rotatable bonds is 6. The van der Waals surface area contributed by atoms with Crippen molar-refractivity contribution in [2.24, 2.45) is 0 Å². The van der Waals surface area contributed by atoms with E-state index in [0.717, 1.165) is 18.9 Å². The first-order valence-corrected chi connectivity index (χ1v) is 6.42. The smallest absolute Gasteiger partial charge is 0.328 e. The SMILES string of the molecule is CCN(CC)c1cc(NC(C)(C)C(=O)O)nc(C)n1. The first-order chi connectivity index (χ1) is 8.80. The van der Waals surface area contributed by atoms with E-state index in [1.807, 2.05) is 0 Å². The Kier molecular flexibility index (Phi) is 4.69. The van der Waals surface area contributed by atoms with Gasteiger partial charge in [-0.25, -0.2) is 14.8 Å². The van der Waals surface area contributed by atoms with Crippen molar-refractivity contribution in [1.82, 2.24) is 9.97 Å². The lowest BCUT2D eigenvalue weighted by atomic mass is 10.1. The summed E-state index contributed by atoms with van der Waals surface area (Å²) < 4.78 is 0. The lowest BCUT2D eigenvalue weighted by Gasteiger charge is -2.24. The van der Waals surface area contributed by atoms with Crippen molar-refractivity contribution in [1.29, 1.82) is 0 Å². The van der Waals surface area contributed by atoms with Crippen molar-refractivity contribution in [3.05, 3.63) is 11.9 Å². The summed E-state index contributed by atoms with van der Waals surface area (Å²) in [4.78, 5) is 21.8. The van der Waals surface area contributed by atoms with Crippen LogP contribution in [0.5, 0.6) is 0 Å². The molecule has 0 atom stereocenters. The standard InChI is InChI=1S/C13H22N4O2/c1-6-17(7-2)11-8-10(14-9(3)15-11)16-13(4,5)12(18)19/h8H,6-7H2,1-5H3,(H,18,19)(H,14,15,16). The minimum atomic E-state index is -1.07. The molecule has 106 valence electrons. The highest BCUT2D eigenvalue weighted by Gasteiger charge is 2.27. The van der Waals surface area contributed by atoms with Gasteiger partial charge in [0.05, 0.1) is 0 Å². The van der Waals surface area contributed by atoms with Gasteiger partial charge in [0, 0.05) is 19.2 Å². The lowest BCUT2D eigenvalue weighted by molar-refractivity contribution is -0.141. The molecule has 0 aromatic carbocycles. The highest BCUT2D eigenvalue weighted by atomic mass is 16.4. The fourth-order valence-corrected chi connectivity index (χ4v) is 1.70. The number of aryl methyl sites for hydroxylation is 1. The number of nitrogens with zero attached hydrogens (tertiary/aromatic N) is 3. The van der Waals surface area contributed by atoms with E-state index >= 15 is 0 Å². The van der Waals surface area contributed by atoms with Crippen LogP contribution < -0.4 is 10.2 Å². The topological polar surface area (TPSA) is 78.4 Å². The van der Waals surface area contributed by atoms with E-state index in [1.165, 1.54) is 0 Å². The molecule has 0 spiro atoms. The van der Waals surface area contributed by atoms with Crippen LogP contribution in [0.4, 0.5) is 11.6 Å². The second-order valence-corrected chi connectivity index (χ2v) is 4.89. The van der Waals surface area contributed by atoms with E-state index in [4.69, 9.17) is 5.11 Å². The summed E-state index contributed by atoms with van der Waals surface area (Å²) in [5.41, 5.74) is -1.07. The van der Waals surface area contributed by atoms with Gasteiger partial charge in [0.15, 0.2) is 0 Å². The molecule has 0 unspecified atom stereocenters. The lowest BCUT2D eigenvalue weighted by Crippen LogP contribution is -2.40.